The number of nitrogens with one attached hydrogen (secondary N) is 1. The van der Waals surface area contributed by atoms with E-state index in [1.54, 1.807) is 0 Å². The number of carbonyl (C=O) groups excluding carboxylic acids is 1. The Morgan fingerprint density at radius 3 is 2.45 bits per heavy atom. The van der Waals surface area contributed by atoms with Crippen LogP contribution in [0.4, 0.5) is 0 Å². The number of hydrogen-bond donors (Lipinski definition) is 2. The van der Waals surface area contributed by atoms with Gasteiger partial charge in [-0.25, -0.2) is 0 Å². The van der Waals surface area contributed by atoms with Crippen LogP contribution in [0.2, 0.25) is 0 Å². The van der Waals surface area contributed by atoms with Gasteiger partial charge in [-0.2, -0.15) is 0 Å². The first-order chi connectivity index (χ1) is 9.76. The largest absolute Gasteiger partial charge is 0.352 e. The molecule has 1 atom stereocenters. The van der Waals surface area contributed by atoms with Crippen LogP contribution in [-0.2, 0) is 6.54 Å². The maximum atomic E-state index is 12.1. The molecule has 2 fully saturated rings. The number of hydrogen-bond acceptors (Lipinski definition) is 3. The molecule has 0 radical (unpaired) electrons. The van der Waals surface area contributed by atoms with Crippen LogP contribution in [0.25, 0.3) is 0 Å². The molecular formula is C16H25Cl2N3O. The number of carbonyl (C=O) groups is 1. The highest BCUT2D eigenvalue weighted by atomic mass is 35.5. The number of nitrogens with zero attached hydrogens (tertiary/aromatic N) is 1. The molecule has 1 aliphatic carbocycles. The number of likely N-dealkylation sites (tertiary alicyclic amines) is 1. The minimum absolute atomic E-state index is 0. The first-order valence-corrected chi connectivity index (χ1v) is 7.57. The third kappa shape index (κ3) is 4.85. The van der Waals surface area contributed by atoms with Gasteiger partial charge in [-0.3, -0.25) is 4.79 Å². The van der Waals surface area contributed by atoms with Crippen LogP contribution in [0.15, 0.2) is 24.3 Å². The third-order valence-corrected chi connectivity index (χ3v) is 4.38. The van der Waals surface area contributed by atoms with E-state index in [0.717, 1.165) is 30.3 Å². The van der Waals surface area contributed by atoms with Gasteiger partial charge >= 0.3 is 0 Å². The van der Waals surface area contributed by atoms with E-state index >= 15 is 0 Å². The smallest absolute Gasteiger partial charge is 0.251 e. The lowest BCUT2D eigenvalue weighted by molar-refractivity contribution is 0.0947. The van der Waals surface area contributed by atoms with Crippen LogP contribution < -0.4 is 11.1 Å². The Balaban J connectivity index is 0.00000121. The zero-order valence-electron chi connectivity index (χ0n) is 12.7. The fourth-order valence-electron chi connectivity index (χ4n) is 2.93. The lowest BCUT2D eigenvalue weighted by Gasteiger charge is -2.15. The third-order valence-electron chi connectivity index (χ3n) is 4.38. The topological polar surface area (TPSA) is 58.4 Å². The predicted octanol–water partition coefficient (Wildman–Crippen LogP) is 2.20. The Kier molecular flexibility index (Phi) is 7.63. The SMILES string of the molecule is Cl.Cl.NCc1ccc(C(=O)NCC2CCN(C3CC3)C2)cc1. The molecule has 1 amide bonds. The van der Waals surface area contributed by atoms with Crippen molar-refractivity contribution in [2.75, 3.05) is 19.6 Å². The van der Waals surface area contributed by atoms with E-state index < -0.39 is 0 Å². The Hall–Kier alpha value is -0.810. The minimum Gasteiger partial charge on any atom is -0.352 e. The molecule has 3 rings (SSSR count). The van der Waals surface area contributed by atoms with Gasteiger partial charge in [0.2, 0.25) is 0 Å². The van der Waals surface area contributed by atoms with Crippen molar-refractivity contribution in [1.82, 2.24) is 10.2 Å². The molecular weight excluding hydrogens is 321 g/mol. The molecule has 4 nitrogen and oxygen atoms in total. The van der Waals surface area contributed by atoms with Gasteiger partial charge in [0.15, 0.2) is 0 Å². The lowest BCUT2D eigenvalue weighted by atomic mass is 10.1. The summed E-state index contributed by atoms with van der Waals surface area (Å²) < 4.78 is 0. The Morgan fingerprint density at radius 1 is 1.18 bits per heavy atom. The summed E-state index contributed by atoms with van der Waals surface area (Å²) >= 11 is 0. The average molecular weight is 346 g/mol. The second-order valence-electron chi connectivity index (χ2n) is 5.99. The van der Waals surface area contributed by atoms with E-state index in [0.29, 0.717) is 12.5 Å². The highest BCUT2D eigenvalue weighted by Crippen LogP contribution is 2.31. The van der Waals surface area contributed by atoms with Crippen LogP contribution in [-0.4, -0.2) is 36.5 Å². The predicted molar refractivity (Wildman–Crippen MR) is 93.9 cm³/mol. The van der Waals surface area contributed by atoms with Crippen molar-refractivity contribution >= 4 is 30.7 Å². The number of rotatable bonds is 5. The van der Waals surface area contributed by atoms with Crippen molar-refractivity contribution < 1.29 is 4.79 Å². The summed E-state index contributed by atoms with van der Waals surface area (Å²) in [5.41, 5.74) is 7.33. The van der Waals surface area contributed by atoms with Gasteiger partial charge < -0.3 is 16.0 Å². The molecule has 2 aliphatic rings. The number of amides is 1. The molecule has 1 aromatic rings. The monoisotopic (exact) mass is 345 g/mol. The van der Waals surface area contributed by atoms with E-state index in [1.165, 1.54) is 25.8 Å². The number of nitrogens with two attached hydrogens (primary N) is 1. The van der Waals surface area contributed by atoms with Gasteiger partial charge in [-0.05, 0) is 49.4 Å². The molecule has 3 N–H and O–H groups in total. The van der Waals surface area contributed by atoms with Crippen LogP contribution in [0, 0.1) is 5.92 Å². The van der Waals surface area contributed by atoms with Crippen molar-refractivity contribution in [3.05, 3.63) is 35.4 Å². The molecule has 1 aromatic carbocycles. The highest BCUT2D eigenvalue weighted by Gasteiger charge is 2.34. The normalized spacial score (nSPS) is 20.9. The van der Waals surface area contributed by atoms with E-state index in [4.69, 9.17) is 5.73 Å². The van der Waals surface area contributed by atoms with Crippen molar-refractivity contribution in [2.24, 2.45) is 11.7 Å². The van der Waals surface area contributed by atoms with Gasteiger partial charge in [0.25, 0.3) is 5.91 Å². The van der Waals surface area contributed by atoms with Gasteiger partial charge in [-0.1, -0.05) is 12.1 Å². The van der Waals surface area contributed by atoms with Gasteiger partial charge in [-0.15, -0.1) is 24.8 Å². The highest BCUT2D eigenvalue weighted by molar-refractivity contribution is 5.94. The molecule has 0 bridgehead atoms. The molecule has 124 valence electrons. The fourth-order valence-corrected chi connectivity index (χ4v) is 2.93. The molecule has 1 aliphatic heterocycles. The van der Waals surface area contributed by atoms with Crippen molar-refractivity contribution in [3.8, 4) is 0 Å². The molecule has 1 heterocycles. The quantitative estimate of drug-likeness (QED) is 0.859. The second kappa shape index (κ2) is 8.73. The fraction of sp³-hybridized carbons (Fsp3) is 0.562. The molecule has 1 unspecified atom stereocenters. The van der Waals surface area contributed by atoms with E-state index in [-0.39, 0.29) is 30.7 Å². The molecule has 0 spiro atoms. The molecule has 1 saturated heterocycles. The Morgan fingerprint density at radius 2 is 1.86 bits per heavy atom. The second-order valence-corrected chi connectivity index (χ2v) is 5.99. The van der Waals surface area contributed by atoms with E-state index in [2.05, 4.69) is 10.2 Å². The zero-order chi connectivity index (χ0) is 13.9. The first-order valence-electron chi connectivity index (χ1n) is 7.57. The van der Waals surface area contributed by atoms with Crippen LogP contribution in [0.3, 0.4) is 0 Å². The zero-order valence-corrected chi connectivity index (χ0v) is 14.3. The molecule has 22 heavy (non-hydrogen) atoms. The van der Waals surface area contributed by atoms with Crippen molar-refractivity contribution in [1.29, 1.82) is 0 Å². The maximum Gasteiger partial charge on any atom is 0.251 e. The maximum absolute atomic E-state index is 12.1. The van der Waals surface area contributed by atoms with E-state index in [9.17, 15) is 4.79 Å². The minimum atomic E-state index is 0. The average Bonchev–Trinajstić information content (AvgIpc) is 3.24. The van der Waals surface area contributed by atoms with Crippen LogP contribution in [0.5, 0.6) is 0 Å². The van der Waals surface area contributed by atoms with E-state index in [1.807, 2.05) is 24.3 Å². The standard InChI is InChI=1S/C16H23N3O.2ClH/c17-9-12-1-3-14(4-2-12)16(20)18-10-13-7-8-19(11-13)15-5-6-15;;/h1-4,13,15H,5-11,17H2,(H,18,20);2*1H. The summed E-state index contributed by atoms with van der Waals surface area (Å²) in [6, 6.07) is 8.38. The summed E-state index contributed by atoms with van der Waals surface area (Å²) in [6.07, 6.45) is 3.95. The summed E-state index contributed by atoms with van der Waals surface area (Å²) in [5.74, 6) is 0.640. The van der Waals surface area contributed by atoms with Crippen LogP contribution >= 0.6 is 24.8 Å². The number of benzene rings is 1. The van der Waals surface area contributed by atoms with Gasteiger partial charge in [0.05, 0.1) is 0 Å². The van der Waals surface area contributed by atoms with Crippen molar-refractivity contribution in [3.63, 3.8) is 0 Å². The summed E-state index contributed by atoms with van der Waals surface area (Å²) in [6.45, 7) is 3.66. The van der Waals surface area contributed by atoms with Crippen molar-refractivity contribution in [2.45, 2.75) is 31.8 Å². The van der Waals surface area contributed by atoms with Gasteiger partial charge in [0, 0.05) is 31.2 Å². The Bertz CT molecular complexity index is 477. The van der Waals surface area contributed by atoms with Gasteiger partial charge in [0.1, 0.15) is 0 Å². The molecule has 0 aromatic heterocycles. The molecule has 1 saturated carbocycles. The first kappa shape index (κ1) is 19.2. The summed E-state index contributed by atoms with van der Waals surface area (Å²) in [7, 11) is 0. The Labute approximate surface area is 144 Å². The number of halogens is 2. The summed E-state index contributed by atoms with van der Waals surface area (Å²) in [4.78, 5) is 14.6. The summed E-state index contributed by atoms with van der Waals surface area (Å²) in [5, 5.41) is 3.06. The van der Waals surface area contributed by atoms with Crippen LogP contribution in [0.1, 0.15) is 35.2 Å². The molecule has 6 heteroatoms. The lowest BCUT2D eigenvalue weighted by Crippen LogP contribution is -2.31.